The van der Waals surface area contributed by atoms with Gasteiger partial charge in [0.15, 0.2) is 11.5 Å². The number of imide groups is 1. The molecule has 2 aliphatic rings. The summed E-state index contributed by atoms with van der Waals surface area (Å²) in [5, 5.41) is 4.84. The number of esters is 1. The molecular formula is C36H29N3O8S. The number of ether oxygens (including phenoxy) is 3. The molecule has 1 saturated heterocycles. The molecule has 4 amide bonds. The number of hydrogen-bond donors (Lipinski definition) is 2. The average Bonchev–Trinajstić information content (AvgIpc) is 3.67. The third-order valence-electron chi connectivity index (χ3n) is 7.35. The Morgan fingerprint density at radius 1 is 0.896 bits per heavy atom. The van der Waals surface area contributed by atoms with Gasteiger partial charge in [-0.25, -0.2) is 9.69 Å². The second-order valence-electron chi connectivity index (χ2n) is 10.6. The number of fused-ring (bicyclic) bond motifs is 1. The van der Waals surface area contributed by atoms with Crippen LogP contribution in [0.2, 0.25) is 0 Å². The van der Waals surface area contributed by atoms with Crippen LogP contribution in [-0.4, -0.2) is 48.2 Å². The summed E-state index contributed by atoms with van der Waals surface area (Å²) in [5.74, 6) is -1.18. The Balaban J connectivity index is 1.17. The van der Waals surface area contributed by atoms with Crippen LogP contribution in [0.15, 0.2) is 108 Å². The van der Waals surface area contributed by atoms with Crippen LogP contribution in [0, 0.1) is 0 Å². The summed E-state index contributed by atoms with van der Waals surface area (Å²) in [6, 6.07) is 26.6. The van der Waals surface area contributed by atoms with Crippen LogP contribution in [0.4, 0.5) is 11.4 Å². The topological polar surface area (TPSA) is 140 Å². The zero-order valence-electron chi connectivity index (χ0n) is 25.6. The molecule has 0 radical (unpaired) electrons. The largest absolute Gasteiger partial charge is 0.462 e. The van der Waals surface area contributed by atoms with Crippen LogP contribution in [-0.2, 0) is 19.1 Å². The molecule has 2 aliphatic heterocycles. The van der Waals surface area contributed by atoms with Crippen LogP contribution < -0.4 is 25.0 Å². The van der Waals surface area contributed by atoms with Crippen molar-refractivity contribution in [2.75, 3.05) is 23.6 Å². The monoisotopic (exact) mass is 663 g/mol. The second kappa shape index (κ2) is 14.3. The van der Waals surface area contributed by atoms with Gasteiger partial charge in [-0.15, -0.1) is 11.8 Å². The molecule has 2 N–H and O–H groups in total. The zero-order valence-corrected chi connectivity index (χ0v) is 26.5. The molecule has 0 bridgehead atoms. The second-order valence-corrected chi connectivity index (χ2v) is 11.9. The van der Waals surface area contributed by atoms with E-state index in [1.807, 2.05) is 0 Å². The average molecular weight is 664 g/mol. The van der Waals surface area contributed by atoms with Crippen molar-refractivity contribution in [1.29, 1.82) is 0 Å². The number of carbonyl (C=O) groups excluding carboxylic acids is 5. The van der Waals surface area contributed by atoms with Crippen molar-refractivity contribution < 1.29 is 38.2 Å². The van der Waals surface area contributed by atoms with E-state index in [4.69, 9.17) is 14.2 Å². The Bertz CT molecular complexity index is 1930. The minimum absolute atomic E-state index is 0.0121. The fourth-order valence-electron chi connectivity index (χ4n) is 5.05. The number of benzene rings is 4. The first kappa shape index (κ1) is 32.1. The molecule has 0 unspecified atom stereocenters. The molecule has 0 spiro atoms. The Kier molecular flexibility index (Phi) is 9.53. The van der Waals surface area contributed by atoms with E-state index < -0.39 is 23.0 Å². The van der Waals surface area contributed by atoms with Crippen LogP contribution in [0.25, 0.3) is 6.08 Å². The Hall–Kier alpha value is -5.88. The van der Waals surface area contributed by atoms with E-state index in [-0.39, 0.29) is 37.3 Å². The van der Waals surface area contributed by atoms with Gasteiger partial charge in [-0.05, 0) is 85.3 Å². The predicted molar refractivity (Wildman–Crippen MR) is 179 cm³/mol. The van der Waals surface area contributed by atoms with Crippen molar-refractivity contribution in [3.05, 3.63) is 119 Å². The fraction of sp³-hybridized carbons (Fsp3) is 0.139. The van der Waals surface area contributed by atoms with Crippen molar-refractivity contribution in [2.24, 2.45) is 0 Å². The molecule has 2 heterocycles. The standard InChI is InChI=1S/C36H29N3O8S/c1-2-45-36(44)24-12-14-26(15-13-24)39-32(40)20-31(35(39)43)48-27-10-6-9-25(19-27)37-34(42)28(38-33(41)23-7-4-3-5-8-23)17-22-11-16-29-30(18-22)47-21-46-29/h3-19,31H,2,20-21H2,1H3,(H,37,42)(H,38,41)/b28-17-/t31-/m0/s1. The smallest absolute Gasteiger partial charge is 0.338 e. The van der Waals surface area contributed by atoms with Gasteiger partial charge in [0, 0.05) is 22.6 Å². The summed E-state index contributed by atoms with van der Waals surface area (Å²) >= 11 is 1.20. The van der Waals surface area contributed by atoms with E-state index in [0.717, 1.165) is 4.90 Å². The molecule has 12 heteroatoms. The maximum Gasteiger partial charge on any atom is 0.338 e. The molecular weight excluding hydrogens is 634 g/mol. The number of nitrogens with one attached hydrogen (secondary N) is 2. The maximum absolute atomic E-state index is 13.6. The Morgan fingerprint density at radius 2 is 1.67 bits per heavy atom. The zero-order chi connectivity index (χ0) is 33.6. The molecule has 1 fully saturated rings. The van der Waals surface area contributed by atoms with E-state index in [1.165, 1.54) is 42.1 Å². The number of nitrogens with zero attached hydrogens (tertiary/aromatic N) is 1. The van der Waals surface area contributed by atoms with E-state index in [9.17, 15) is 24.0 Å². The predicted octanol–water partition coefficient (Wildman–Crippen LogP) is 5.43. The molecule has 0 aromatic heterocycles. The molecule has 0 aliphatic carbocycles. The van der Waals surface area contributed by atoms with Crippen molar-refractivity contribution in [3.63, 3.8) is 0 Å². The molecule has 4 aromatic rings. The number of amides is 4. The van der Waals surface area contributed by atoms with E-state index in [2.05, 4.69) is 10.6 Å². The van der Waals surface area contributed by atoms with Crippen molar-refractivity contribution in [3.8, 4) is 11.5 Å². The van der Waals surface area contributed by atoms with Crippen LogP contribution >= 0.6 is 11.8 Å². The number of rotatable bonds is 10. The molecule has 48 heavy (non-hydrogen) atoms. The summed E-state index contributed by atoms with van der Waals surface area (Å²) in [6.07, 6.45) is 1.51. The van der Waals surface area contributed by atoms with Crippen molar-refractivity contribution >= 4 is 58.8 Å². The summed E-state index contributed by atoms with van der Waals surface area (Å²) < 4.78 is 15.8. The highest BCUT2D eigenvalue weighted by Crippen LogP contribution is 2.35. The van der Waals surface area contributed by atoms with Crippen LogP contribution in [0.5, 0.6) is 11.5 Å². The summed E-state index contributed by atoms with van der Waals surface area (Å²) in [7, 11) is 0. The fourth-order valence-corrected chi connectivity index (χ4v) is 6.16. The summed E-state index contributed by atoms with van der Waals surface area (Å²) in [4.78, 5) is 66.6. The van der Waals surface area contributed by atoms with Crippen LogP contribution in [0.1, 0.15) is 39.6 Å². The highest BCUT2D eigenvalue weighted by atomic mass is 32.2. The number of anilines is 2. The summed E-state index contributed by atoms with van der Waals surface area (Å²) in [5.41, 5.74) is 2.06. The van der Waals surface area contributed by atoms with E-state index >= 15 is 0 Å². The number of thioether (sulfide) groups is 1. The van der Waals surface area contributed by atoms with Gasteiger partial charge < -0.3 is 24.8 Å². The lowest BCUT2D eigenvalue weighted by molar-refractivity contribution is -0.121. The molecule has 6 rings (SSSR count). The quantitative estimate of drug-likeness (QED) is 0.129. The minimum Gasteiger partial charge on any atom is -0.462 e. The molecule has 242 valence electrons. The van der Waals surface area contributed by atoms with Gasteiger partial charge in [0.2, 0.25) is 18.6 Å². The van der Waals surface area contributed by atoms with Crippen molar-refractivity contribution in [2.45, 2.75) is 23.5 Å². The molecule has 1 atom stereocenters. The molecule has 4 aromatic carbocycles. The first-order chi connectivity index (χ1) is 23.3. The lowest BCUT2D eigenvalue weighted by atomic mass is 10.1. The molecule has 0 saturated carbocycles. The molecule has 11 nitrogen and oxygen atoms in total. The lowest BCUT2D eigenvalue weighted by Gasteiger charge is -2.16. The van der Waals surface area contributed by atoms with Gasteiger partial charge in [-0.3, -0.25) is 19.2 Å². The minimum atomic E-state index is -0.695. The Labute approximate surface area is 279 Å². The highest BCUT2D eigenvalue weighted by Gasteiger charge is 2.40. The number of carbonyl (C=O) groups is 5. The Morgan fingerprint density at radius 3 is 2.44 bits per heavy atom. The van der Waals surface area contributed by atoms with Crippen LogP contribution in [0.3, 0.4) is 0 Å². The number of hydrogen-bond acceptors (Lipinski definition) is 9. The van der Waals surface area contributed by atoms with Crippen molar-refractivity contribution in [1.82, 2.24) is 5.32 Å². The first-order valence-corrected chi connectivity index (χ1v) is 15.9. The SMILES string of the molecule is CCOC(=O)c1ccc(N2C(=O)C[C@H](Sc3cccc(NC(=O)/C(=C/c4ccc5c(c4)OCO5)NC(=O)c4ccccc4)c3)C2=O)cc1. The first-order valence-electron chi connectivity index (χ1n) is 15.0. The maximum atomic E-state index is 13.6. The summed E-state index contributed by atoms with van der Waals surface area (Å²) in [6.45, 7) is 2.04. The van der Waals surface area contributed by atoms with Gasteiger partial charge in [0.25, 0.3) is 11.8 Å². The third kappa shape index (κ3) is 7.24. The van der Waals surface area contributed by atoms with Gasteiger partial charge in [-0.1, -0.05) is 30.3 Å². The lowest BCUT2D eigenvalue weighted by Crippen LogP contribution is -2.31. The third-order valence-corrected chi connectivity index (χ3v) is 8.53. The van der Waals surface area contributed by atoms with Gasteiger partial charge in [-0.2, -0.15) is 0 Å². The highest BCUT2D eigenvalue weighted by molar-refractivity contribution is 8.00. The van der Waals surface area contributed by atoms with Gasteiger partial charge >= 0.3 is 5.97 Å². The normalized spacial score (nSPS) is 15.3. The van der Waals surface area contributed by atoms with E-state index in [0.29, 0.717) is 44.5 Å². The van der Waals surface area contributed by atoms with E-state index in [1.54, 1.807) is 79.7 Å². The van der Waals surface area contributed by atoms with Gasteiger partial charge in [0.05, 0.1) is 23.1 Å². The van der Waals surface area contributed by atoms with Gasteiger partial charge in [0.1, 0.15) is 5.70 Å².